The summed E-state index contributed by atoms with van der Waals surface area (Å²) in [5.41, 5.74) is 0.857. The van der Waals surface area contributed by atoms with Gasteiger partial charge in [0, 0.05) is 10.6 Å². The van der Waals surface area contributed by atoms with Crippen molar-refractivity contribution in [3.05, 3.63) is 34.1 Å². The van der Waals surface area contributed by atoms with E-state index in [1.165, 1.54) is 37.3 Å². The number of piperidine rings is 1. The molecule has 3 rings (SSSR count). The molecule has 0 bridgehead atoms. The predicted molar refractivity (Wildman–Crippen MR) is 80.3 cm³/mol. The number of hydrogen-bond acceptors (Lipinski definition) is 3. The molecular weight excluding hydrogens is 294 g/mol. The van der Waals surface area contributed by atoms with E-state index in [1.807, 2.05) is 24.3 Å². The van der Waals surface area contributed by atoms with Crippen LogP contribution in [0.2, 0.25) is 5.02 Å². The van der Waals surface area contributed by atoms with Crippen LogP contribution in [0.5, 0.6) is 0 Å². The molecule has 1 aliphatic heterocycles. The van der Waals surface area contributed by atoms with Gasteiger partial charge in [-0.3, -0.25) is 0 Å². The Morgan fingerprint density at radius 3 is 2.85 bits per heavy atom. The third kappa shape index (κ3) is 3.11. The number of hydrogen-bond donors (Lipinski definition) is 1. The maximum atomic E-state index is 5.99. The van der Waals surface area contributed by atoms with Crippen LogP contribution in [0, 0.1) is 4.84 Å². The molecule has 4 nitrogen and oxygen atoms in total. The first-order valence-corrected chi connectivity index (χ1v) is 7.68. The summed E-state index contributed by atoms with van der Waals surface area (Å²) in [6.45, 7) is 3.14. The number of aromatic nitrogens is 2. The first-order valence-electron chi connectivity index (χ1n) is 6.90. The van der Waals surface area contributed by atoms with E-state index in [0.717, 1.165) is 12.2 Å². The summed E-state index contributed by atoms with van der Waals surface area (Å²) < 4.78 is 7.38. The highest BCUT2D eigenvalue weighted by Gasteiger charge is 2.16. The van der Waals surface area contributed by atoms with Crippen LogP contribution in [0.25, 0.3) is 11.5 Å². The van der Waals surface area contributed by atoms with Gasteiger partial charge < -0.3 is 9.32 Å². The molecule has 0 amide bonds. The molecule has 0 atom stereocenters. The first kappa shape index (κ1) is 13.8. The van der Waals surface area contributed by atoms with Crippen molar-refractivity contribution in [1.82, 2.24) is 9.78 Å². The number of benzene rings is 1. The lowest BCUT2D eigenvalue weighted by atomic mass is 10.1. The average molecular weight is 311 g/mol. The lowest BCUT2D eigenvalue weighted by Crippen LogP contribution is -3.12. The van der Waals surface area contributed by atoms with Gasteiger partial charge in [0.05, 0.1) is 13.1 Å². The van der Waals surface area contributed by atoms with Crippen molar-refractivity contribution in [2.75, 3.05) is 13.1 Å². The van der Waals surface area contributed by atoms with Gasteiger partial charge in [-0.2, -0.15) is 4.68 Å². The molecule has 1 aromatic carbocycles. The highest BCUT2D eigenvalue weighted by atomic mass is 35.5. The van der Waals surface area contributed by atoms with E-state index in [4.69, 9.17) is 28.2 Å². The van der Waals surface area contributed by atoms with Gasteiger partial charge >= 0.3 is 0 Å². The van der Waals surface area contributed by atoms with Gasteiger partial charge in [0.25, 0.3) is 4.84 Å². The summed E-state index contributed by atoms with van der Waals surface area (Å²) in [4.78, 5) is 1.94. The monoisotopic (exact) mass is 310 g/mol. The Kier molecular flexibility index (Phi) is 4.19. The number of quaternary nitrogens is 1. The zero-order chi connectivity index (χ0) is 13.9. The van der Waals surface area contributed by atoms with Gasteiger partial charge in [-0.1, -0.05) is 17.7 Å². The molecule has 1 N–H and O–H groups in total. The van der Waals surface area contributed by atoms with Gasteiger partial charge in [-0.15, -0.1) is 5.10 Å². The molecule has 6 heteroatoms. The van der Waals surface area contributed by atoms with Gasteiger partial charge in [0.1, 0.15) is 0 Å². The van der Waals surface area contributed by atoms with Crippen LogP contribution in [0.3, 0.4) is 0 Å². The normalized spacial score (nSPS) is 16.4. The second-order valence-corrected chi connectivity index (χ2v) is 5.94. The fraction of sp³-hybridized carbons (Fsp3) is 0.429. The molecule has 1 aliphatic rings. The third-order valence-corrected chi connectivity index (χ3v) is 4.14. The fourth-order valence-electron chi connectivity index (χ4n) is 2.57. The smallest absolute Gasteiger partial charge is 0.292 e. The van der Waals surface area contributed by atoms with E-state index in [9.17, 15) is 0 Å². The Hall–Kier alpha value is -1.17. The Labute approximate surface area is 128 Å². The molecular formula is C14H17ClN3OS+. The van der Waals surface area contributed by atoms with Crippen LogP contribution in [0.1, 0.15) is 19.3 Å². The van der Waals surface area contributed by atoms with Crippen molar-refractivity contribution < 1.29 is 9.32 Å². The van der Waals surface area contributed by atoms with Crippen molar-refractivity contribution in [3.8, 4) is 11.5 Å². The Morgan fingerprint density at radius 1 is 1.30 bits per heavy atom. The van der Waals surface area contributed by atoms with E-state index in [-0.39, 0.29) is 0 Å². The second-order valence-electron chi connectivity index (χ2n) is 5.15. The van der Waals surface area contributed by atoms with E-state index in [1.54, 1.807) is 4.68 Å². The minimum atomic E-state index is 0.429. The zero-order valence-corrected chi connectivity index (χ0v) is 12.7. The summed E-state index contributed by atoms with van der Waals surface area (Å²) in [6.07, 6.45) is 3.89. The summed E-state index contributed by atoms with van der Waals surface area (Å²) in [7, 11) is 0. The largest absolute Gasteiger partial charge is 0.409 e. The molecule has 1 saturated heterocycles. The second kappa shape index (κ2) is 6.08. The van der Waals surface area contributed by atoms with Gasteiger partial charge in [-0.25, -0.2) is 0 Å². The zero-order valence-electron chi connectivity index (χ0n) is 11.1. The SMILES string of the molecule is S=c1oc(-c2cccc(Cl)c2)nn1C[NH+]1CCCCC1. The number of halogens is 1. The number of likely N-dealkylation sites (tertiary alicyclic amines) is 1. The van der Waals surface area contributed by atoms with E-state index in [2.05, 4.69) is 5.10 Å². The number of rotatable bonds is 3. The fourth-order valence-corrected chi connectivity index (χ4v) is 2.94. The van der Waals surface area contributed by atoms with Crippen LogP contribution < -0.4 is 4.90 Å². The molecule has 1 aromatic heterocycles. The molecule has 20 heavy (non-hydrogen) atoms. The molecule has 2 heterocycles. The van der Waals surface area contributed by atoms with E-state index >= 15 is 0 Å². The maximum Gasteiger partial charge on any atom is 0.292 e. The molecule has 0 spiro atoms. The lowest BCUT2D eigenvalue weighted by molar-refractivity contribution is -0.928. The Morgan fingerprint density at radius 2 is 2.10 bits per heavy atom. The molecule has 0 aliphatic carbocycles. The Balaban J connectivity index is 1.81. The van der Waals surface area contributed by atoms with E-state index in [0.29, 0.717) is 15.8 Å². The molecule has 0 unspecified atom stereocenters. The molecule has 0 radical (unpaired) electrons. The van der Waals surface area contributed by atoms with Crippen molar-refractivity contribution in [1.29, 1.82) is 0 Å². The van der Waals surface area contributed by atoms with Crippen LogP contribution in [-0.4, -0.2) is 22.9 Å². The van der Waals surface area contributed by atoms with Gasteiger partial charge in [0.2, 0.25) is 5.89 Å². The van der Waals surface area contributed by atoms with Crippen LogP contribution in [0.15, 0.2) is 28.7 Å². The van der Waals surface area contributed by atoms with Crippen molar-refractivity contribution >= 4 is 23.8 Å². The lowest BCUT2D eigenvalue weighted by Gasteiger charge is -2.22. The standard InChI is InChI=1S/C14H16ClN3OS/c15-12-6-4-5-11(9-12)13-16-18(14(20)19-13)10-17-7-2-1-3-8-17/h4-6,9H,1-3,7-8,10H2/p+1. The molecule has 2 aromatic rings. The van der Waals surface area contributed by atoms with Crippen LogP contribution in [-0.2, 0) is 6.67 Å². The minimum Gasteiger partial charge on any atom is -0.409 e. The average Bonchev–Trinajstić information content (AvgIpc) is 2.81. The molecule has 0 saturated carbocycles. The van der Waals surface area contributed by atoms with Crippen molar-refractivity contribution in [2.45, 2.75) is 25.9 Å². The topological polar surface area (TPSA) is 35.4 Å². The predicted octanol–water partition coefficient (Wildman–Crippen LogP) is 2.55. The van der Waals surface area contributed by atoms with Crippen molar-refractivity contribution in [2.24, 2.45) is 0 Å². The number of nitrogens with one attached hydrogen (secondary N) is 1. The highest BCUT2D eigenvalue weighted by molar-refractivity contribution is 7.71. The summed E-state index contributed by atoms with van der Waals surface area (Å²) in [5, 5.41) is 5.15. The van der Waals surface area contributed by atoms with Crippen LogP contribution in [0.4, 0.5) is 0 Å². The van der Waals surface area contributed by atoms with Gasteiger partial charge in [-0.05, 0) is 49.7 Å². The first-order chi connectivity index (χ1) is 9.72. The van der Waals surface area contributed by atoms with E-state index < -0.39 is 0 Å². The third-order valence-electron chi connectivity index (χ3n) is 3.61. The number of nitrogens with zero attached hydrogens (tertiary/aromatic N) is 2. The summed E-state index contributed by atoms with van der Waals surface area (Å²) in [5.74, 6) is 0.536. The highest BCUT2D eigenvalue weighted by Crippen LogP contribution is 2.21. The van der Waals surface area contributed by atoms with Crippen molar-refractivity contribution in [3.63, 3.8) is 0 Å². The van der Waals surface area contributed by atoms with Gasteiger partial charge in [0.15, 0.2) is 6.67 Å². The molecule has 1 fully saturated rings. The summed E-state index contributed by atoms with van der Waals surface area (Å²) in [6, 6.07) is 7.46. The Bertz CT molecular complexity index is 646. The quantitative estimate of drug-likeness (QED) is 0.885. The van der Waals surface area contributed by atoms with Crippen LogP contribution >= 0.6 is 23.8 Å². The summed E-state index contributed by atoms with van der Waals surface area (Å²) >= 11 is 11.3. The maximum absolute atomic E-state index is 5.99. The molecule has 106 valence electrons. The minimum absolute atomic E-state index is 0.429.